The molecule has 5 atom stereocenters. The number of hydrogen-bond donors (Lipinski definition) is 6. The smallest absolute Gasteiger partial charge is 0.370 e. The first-order valence-electron chi connectivity index (χ1n) is 6.18. The van der Waals surface area contributed by atoms with Gasteiger partial charge < -0.3 is 35.9 Å². The molecular weight excluding hydrogens is 300 g/mol. The summed E-state index contributed by atoms with van der Waals surface area (Å²) in [7, 11) is 0. The highest BCUT2D eigenvalue weighted by Crippen LogP contribution is 2.25. The van der Waals surface area contributed by atoms with Crippen LogP contribution in [-0.4, -0.2) is 68.6 Å². The lowest BCUT2D eigenvalue weighted by Crippen LogP contribution is -2.58. The molecule has 9 heteroatoms. The van der Waals surface area contributed by atoms with E-state index in [4.69, 9.17) is 32.6 Å². The van der Waals surface area contributed by atoms with Crippen molar-refractivity contribution in [3.05, 3.63) is 11.8 Å². The van der Waals surface area contributed by atoms with Crippen LogP contribution in [0.3, 0.4) is 0 Å². The van der Waals surface area contributed by atoms with E-state index in [9.17, 15) is 15.0 Å². The third kappa shape index (κ3) is 4.21. The summed E-state index contributed by atoms with van der Waals surface area (Å²) in [6.07, 6.45) is -2.03. The van der Waals surface area contributed by atoms with E-state index < -0.39 is 48.6 Å². The predicted octanol–water partition coefficient (Wildman–Crippen LogP) is -1.36. The molecule has 21 heavy (non-hydrogen) atoms. The largest absolute Gasteiger partial charge is 0.478 e. The van der Waals surface area contributed by atoms with Crippen molar-refractivity contribution >= 4 is 29.4 Å². The van der Waals surface area contributed by atoms with Gasteiger partial charge in [0.05, 0.1) is 17.6 Å². The van der Waals surface area contributed by atoms with Crippen LogP contribution in [0.4, 0.5) is 0 Å². The fraction of sp³-hybridized carbons (Fsp3) is 0.583. The van der Waals surface area contributed by atoms with Gasteiger partial charge >= 0.3 is 5.97 Å². The second kappa shape index (κ2) is 7.46. The van der Waals surface area contributed by atoms with E-state index in [2.05, 4.69) is 5.32 Å². The Labute approximate surface area is 126 Å². The molecule has 0 saturated heterocycles. The molecule has 0 saturated carbocycles. The molecule has 1 heterocycles. The Morgan fingerprint density at radius 2 is 2.24 bits per heavy atom. The zero-order valence-corrected chi connectivity index (χ0v) is 12.1. The van der Waals surface area contributed by atoms with Crippen LogP contribution in [0.5, 0.6) is 0 Å². The Bertz CT molecular complexity index is 455. The van der Waals surface area contributed by atoms with E-state index in [1.54, 1.807) is 6.92 Å². The van der Waals surface area contributed by atoms with E-state index in [-0.39, 0.29) is 0 Å². The molecule has 0 spiro atoms. The van der Waals surface area contributed by atoms with Crippen LogP contribution >= 0.6 is 12.2 Å². The van der Waals surface area contributed by atoms with Crippen LogP contribution in [0.2, 0.25) is 0 Å². The molecule has 1 aliphatic rings. The maximum atomic E-state index is 11.0. The Kier molecular flexibility index (Phi) is 6.21. The molecule has 8 nitrogen and oxygen atoms in total. The number of carbonyl (C=O) groups is 1. The summed E-state index contributed by atoms with van der Waals surface area (Å²) >= 11 is 4.92. The lowest BCUT2D eigenvalue weighted by atomic mass is 9.88. The molecule has 0 bridgehead atoms. The highest BCUT2D eigenvalue weighted by Gasteiger charge is 2.42. The number of nitrogens with one attached hydrogen (secondary N) is 2. The molecule has 1 rings (SSSR count). The summed E-state index contributed by atoms with van der Waals surface area (Å²) in [5.74, 6) is -2.49. The molecule has 0 amide bonds. The van der Waals surface area contributed by atoms with Gasteiger partial charge in [-0.1, -0.05) is 12.2 Å². The van der Waals surface area contributed by atoms with Crippen molar-refractivity contribution in [2.24, 2.45) is 5.92 Å². The Morgan fingerprint density at radius 3 is 2.67 bits per heavy atom. The van der Waals surface area contributed by atoms with Crippen molar-refractivity contribution < 1.29 is 30.0 Å². The van der Waals surface area contributed by atoms with E-state index >= 15 is 0 Å². The quantitative estimate of drug-likeness (QED) is 0.260. The average Bonchev–Trinajstić information content (AvgIpc) is 2.44. The minimum atomic E-state index is -1.55. The van der Waals surface area contributed by atoms with Crippen molar-refractivity contribution in [1.29, 1.82) is 5.41 Å². The standard InChI is InChI=1S/C12H18N2O6S/c1-5(21)14-9-6(3-13)2-8(12(18)19)20-11(9)10(17)7(16)4-15/h2-3,6-7,9-11,13,15-17H,4H2,1H3,(H,14,21)(H,18,19)/t6-,7?,9?,10?,11-/m1/s1. The number of aliphatic hydroxyl groups is 3. The predicted molar refractivity (Wildman–Crippen MR) is 77.2 cm³/mol. The first-order chi connectivity index (χ1) is 9.81. The molecule has 0 fully saturated rings. The van der Waals surface area contributed by atoms with Gasteiger partial charge in [-0.05, 0) is 13.0 Å². The monoisotopic (exact) mass is 318 g/mol. The first-order valence-corrected chi connectivity index (χ1v) is 6.59. The van der Waals surface area contributed by atoms with Gasteiger partial charge in [0.1, 0.15) is 18.3 Å². The minimum absolute atomic E-state index is 0.360. The summed E-state index contributed by atoms with van der Waals surface area (Å²) in [5, 5.41) is 47.7. The van der Waals surface area contributed by atoms with Gasteiger partial charge in [-0.15, -0.1) is 0 Å². The van der Waals surface area contributed by atoms with E-state index in [1.165, 1.54) is 6.08 Å². The van der Waals surface area contributed by atoms with Gasteiger partial charge in [-0.2, -0.15) is 0 Å². The number of carboxylic acids is 1. The van der Waals surface area contributed by atoms with E-state index in [1.807, 2.05) is 0 Å². The zero-order chi connectivity index (χ0) is 16.2. The SMILES string of the molecule is CC(=S)NC1[C@@H](C=N)C=C(C(=O)O)O[C@H]1C(O)C(O)CO. The average molecular weight is 318 g/mol. The molecule has 0 aliphatic carbocycles. The van der Waals surface area contributed by atoms with Crippen LogP contribution < -0.4 is 5.32 Å². The van der Waals surface area contributed by atoms with Crippen LogP contribution in [-0.2, 0) is 9.53 Å². The summed E-state index contributed by atoms with van der Waals surface area (Å²) in [5.41, 5.74) is 0. The van der Waals surface area contributed by atoms with Gasteiger partial charge in [0.2, 0.25) is 5.76 Å². The topological polar surface area (TPSA) is 143 Å². The molecule has 0 aromatic heterocycles. The summed E-state index contributed by atoms with van der Waals surface area (Å²) < 4.78 is 5.19. The van der Waals surface area contributed by atoms with Crippen molar-refractivity contribution in [2.45, 2.75) is 31.3 Å². The number of rotatable bonds is 6. The summed E-state index contributed by atoms with van der Waals surface area (Å²) in [6.45, 7) is 0.865. The molecule has 0 aromatic rings. The molecule has 0 radical (unpaired) electrons. The van der Waals surface area contributed by atoms with Crippen LogP contribution in [0.25, 0.3) is 0 Å². The van der Waals surface area contributed by atoms with Gasteiger partial charge in [0, 0.05) is 12.1 Å². The van der Waals surface area contributed by atoms with Gasteiger partial charge in [-0.3, -0.25) is 0 Å². The first kappa shape index (κ1) is 17.5. The van der Waals surface area contributed by atoms with E-state index in [0.717, 1.165) is 6.21 Å². The van der Waals surface area contributed by atoms with Crippen LogP contribution in [0.1, 0.15) is 6.92 Å². The third-order valence-corrected chi connectivity index (χ3v) is 3.18. The van der Waals surface area contributed by atoms with Gasteiger partial charge in [-0.25, -0.2) is 4.79 Å². The van der Waals surface area contributed by atoms with Crippen molar-refractivity contribution in [1.82, 2.24) is 5.32 Å². The lowest BCUT2D eigenvalue weighted by molar-refractivity contribution is -0.145. The number of ether oxygens (including phenoxy) is 1. The Morgan fingerprint density at radius 1 is 1.62 bits per heavy atom. The van der Waals surface area contributed by atoms with E-state index in [0.29, 0.717) is 4.99 Å². The molecular formula is C12H18N2O6S. The minimum Gasteiger partial charge on any atom is -0.478 e. The third-order valence-electron chi connectivity index (χ3n) is 3.07. The number of aliphatic carboxylic acids is 1. The zero-order valence-electron chi connectivity index (χ0n) is 11.3. The number of carboxylic acid groups (broad SMARTS) is 1. The Balaban J connectivity index is 3.15. The number of thiocarbonyl (C=S) groups is 1. The molecule has 118 valence electrons. The highest BCUT2D eigenvalue weighted by atomic mass is 32.1. The molecule has 3 unspecified atom stereocenters. The lowest BCUT2D eigenvalue weighted by Gasteiger charge is -2.39. The van der Waals surface area contributed by atoms with Crippen molar-refractivity contribution in [3.8, 4) is 0 Å². The van der Waals surface area contributed by atoms with Crippen molar-refractivity contribution in [3.63, 3.8) is 0 Å². The Hall–Kier alpha value is -1.55. The fourth-order valence-corrected chi connectivity index (χ4v) is 2.19. The van der Waals surface area contributed by atoms with Crippen LogP contribution in [0.15, 0.2) is 11.8 Å². The second-order valence-corrected chi connectivity index (χ2v) is 5.24. The van der Waals surface area contributed by atoms with Gasteiger partial charge in [0.15, 0.2) is 0 Å². The molecule has 1 aliphatic heterocycles. The summed E-state index contributed by atoms with van der Waals surface area (Å²) in [6, 6.07) is -0.737. The van der Waals surface area contributed by atoms with Crippen molar-refractivity contribution in [2.75, 3.05) is 6.61 Å². The molecule has 6 N–H and O–H groups in total. The normalized spacial score (nSPS) is 27.8. The fourth-order valence-electron chi connectivity index (χ4n) is 2.05. The van der Waals surface area contributed by atoms with Crippen LogP contribution in [0, 0.1) is 11.3 Å². The van der Waals surface area contributed by atoms with Gasteiger partial charge in [0.25, 0.3) is 0 Å². The molecule has 0 aromatic carbocycles. The summed E-state index contributed by atoms with van der Waals surface area (Å²) in [4.78, 5) is 11.4. The maximum Gasteiger partial charge on any atom is 0.370 e. The number of aliphatic hydroxyl groups excluding tert-OH is 3. The number of hydrogen-bond acceptors (Lipinski definition) is 7. The highest BCUT2D eigenvalue weighted by molar-refractivity contribution is 7.80. The second-order valence-electron chi connectivity index (χ2n) is 4.63. The maximum absolute atomic E-state index is 11.0.